The summed E-state index contributed by atoms with van der Waals surface area (Å²) in [7, 11) is 0. The molecule has 5 heteroatoms. The zero-order valence-corrected chi connectivity index (χ0v) is 16.2. The summed E-state index contributed by atoms with van der Waals surface area (Å²) >= 11 is 6.28. The Morgan fingerprint density at radius 1 is 1.21 bits per heavy atom. The van der Waals surface area contributed by atoms with Gasteiger partial charge in [-0.1, -0.05) is 43.1 Å². The summed E-state index contributed by atoms with van der Waals surface area (Å²) in [4.78, 5) is 12.0. The summed E-state index contributed by atoms with van der Waals surface area (Å²) in [6.07, 6.45) is 1.92. The topological polar surface area (TPSA) is 48.0 Å². The van der Waals surface area contributed by atoms with E-state index in [1.807, 2.05) is 16.7 Å². The first kappa shape index (κ1) is 18.5. The minimum atomic E-state index is -0.500. The van der Waals surface area contributed by atoms with Gasteiger partial charge in [-0.15, -0.1) is 0 Å². The summed E-state index contributed by atoms with van der Waals surface area (Å²) in [6, 6.07) is 17.4. The van der Waals surface area contributed by atoms with Crippen molar-refractivity contribution in [2.75, 3.05) is 0 Å². The molecule has 0 atom stereocenters. The number of amides is 1. The highest BCUT2D eigenvalue weighted by molar-refractivity contribution is 6.31. The molecule has 1 heterocycles. The number of hydrogen-bond donors (Lipinski definition) is 1. The van der Waals surface area contributed by atoms with E-state index in [2.05, 4.69) is 19.1 Å². The number of carbonyl (C=O) groups excluding carboxylic acids is 1. The number of aryl methyl sites for hydroxylation is 1. The van der Waals surface area contributed by atoms with Crippen molar-refractivity contribution in [3.8, 4) is 0 Å². The summed E-state index contributed by atoms with van der Waals surface area (Å²) in [6.45, 7) is 2.36. The number of fused-ring (bicyclic) bond motifs is 3. The number of halogens is 2. The Morgan fingerprint density at radius 2 is 2.00 bits per heavy atom. The lowest BCUT2D eigenvalue weighted by atomic mass is 10.0. The Morgan fingerprint density at radius 3 is 2.71 bits per heavy atom. The van der Waals surface area contributed by atoms with E-state index in [-0.39, 0.29) is 12.4 Å². The van der Waals surface area contributed by atoms with Crippen LogP contribution in [0.1, 0.15) is 34.8 Å². The number of aromatic nitrogens is 1. The quantitative estimate of drug-likeness (QED) is 0.479. The number of benzene rings is 3. The summed E-state index contributed by atoms with van der Waals surface area (Å²) in [5, 5.41) is 1.91. The Balaban J connectivity index is 2.05. The van der Waals surface area contributed by atoms with Crippen LogP contribution in [0.5, 0.6) is 0 Å². The third-order valence-electron chi connectivity index (χ3n) is 5.04. The molecule has 1 aromatic heterocycles. The number of nitrogens with two attached hydrogens (primary N) is 1. The van der Waals surface area contributed by atoms with E-state index in [1.54, 1.807) is 24.3 Å². The lowest BCUT2D eigenvalue weighted by Crippen LogP contribution is -2.11. The van der Waals surface area contributed by atoms with Crippen molar-refractivity contribution in [2.24, 2.45) is 5.73 Å². The second-order valence-corrected chi connectivity index (χ2v) is 7.28. The van der Waals surface area contributed by atoms with E-state index in [4.69, 9.17) is 17.3 Å². The molecule has 141 valence electrons. The van der Waals surface area contributed by atoms with Gasteiger partial charge in [0.2, 0.25) is 5.91 Å². The maximum Gasteiger partial charge on any atom is 0.249 e. The molecule has 0 saturated carbocycles. The molecular formula is C23H19ClFN2O. The second kappa shape index (κ2) is 7.28. The van der Waals surface area contributed by atoms with Crippen molar-refractivity contribution < 1.29 is 9.18 Å². The fraction of sp³-hybridized carbons (Fsp3) is 0.174. The molecule has 0 spiro atoms. The van der Waals surface area contributed by atoms with Gasteiger partial charge in [0.05, 0.1) is 17.6 Å². The standard InChI is InChI=1S/C23H19ClFN2O/c1-2-5-14-10-11-15-21(12-14)27(13-17-18(24)7-4-8-19(17)25)20-9-3-6-16(22(15)20)23(26)28/h3-4,6-10,12H,2,5,13H2,1H3,(H2,26,28). The zero-order chi connectivity index (χ0) is 19.8. The molecule has 28 heavy (non-hydrogen) atoms. The highest BCUT2D eigenvalue weighted by Crippen LogP contribution is 2.34. The molecule has 0 bridgehead atoms. The summed E-state index contributed by atoms with van der Waals surface area (Å²) in [5.74, 6) is -0.859. The van der Waals surface area contributed by atoms with Gasteiger partial charge in [0, 0.05) is 26.9 Å². The normalized spacial score (nSPS) is 11.4. The van der Waals surface area contributed by atoms with Crippen molar-refractivity contribution in [1.29, 1.82) is 0 Å². The number of rotatable bonds is 5. The summed E-state index contributed by atoms with van der Waals surface area (Å²) in [5.41, 5.74) is 9.28. The Hall–Kier alpha value is -2.85. The maximum atomic E-state index is 14.5. The number of primary amides is 1. The van der Waals surface area contributed by atoms with Gasteiger partial charge in [-0.3, -0.25) is 4.79 Å². The van der Waals surface area contributed by atoms with Gasteiger partial charge in [-0.25, -0.2) is 4.39 Å². The van der Waals surface area contributed by atoms with Crippen molar-refractivity contribution in [3.05, 3.63) is 82.1 Å². The van der Waals surface area contributed by atoms with Gasteiger partial charge >= 0.3 is 0 Å². The fourth-order valence-electron chi connectivity index (χ4n) is 3.75. The van der Waals surface area contributed by atoms with E-state index < -0.39 is 5.91 Å². The average Bonchev–Trinajstić information content (AvgIpc) is 2.98. The molecule has 0 aliphatic heterocycles. The van der Waals surface area contributed by atoms with Crippen LogP contribution < -0.4 is 5.73 Å². The molecular weight excluding hydrogens is 375 g/mol. The van der Waals surface area contributed by atoms with E-state index >= 15 is 0 Å². The minimum Gasteiger partial charge on any atom is -0.366 e. The van der Waals surface area contributed by atoms with Crippen molar-refractivity contribution >= 4 is 39.3 Å². The largest absolute Gasteiger partial charge is 0.366 e. The third-order valence-corrected chi connectivity index (χ3v) is 5.39. The lowest BCUT2D eigenvalue weighted by molar-refractivity contribution is 0.100. The molecule has 1 amide bonds. The highest BCUT2D eigenvalue weighted by atomic mass is 35.5. The summed E-state index contributed by atoms with van der Waals surface area (Å²) < 4.78 is 16.5. The van der Waals surface area contributed by atoms with Crippen LogP contribution in [0.25, 0.3) is 21.8 Å². The molecule has 0 unspecified atom stereocenters. The molecule has 0 saturated heterocycles. The SMILES string of the molecule is CCCc1c[c]c2c3c(C(N)=O)cccc3n(Cc3c(F)cccc3Cl)c2c1. The molecule has 3 aromatic carbocycles. The van der Waals surface area contributed by atoms with Gasteiger partial charge in [0.1, 0.15) is 5.82 Å². The minimum absolute atomic E-state index is 0.247. The van der Waals surface area contributed by atoms with Crippen molar-refractivity contribution in [1.82, 2.24) is 4.57 Å². The molecule has 4 rings (SSSR count). The van der Waals surface area contributed by atoms with Crippen LogP contribution in [-0.2, 0) is 13.0 Å². The average molecular weight is 394 g/mol. The second-order valence-electron chi connectivity index (χ2n) is 6.87. The van der Waals surface area contributed by atoms with Gasteiger partial charge in [-0.05, 0) is 48.4 Å². The van der Waals surface area contributed by atoms with Gasteiger partial charge in [0.25, 0.3) is 0 Å². The number of hydrogen-bond acceptors (Lipinski definition) is 1. The Labute approximate surface area is 167 Å². The predicted octanol–water partition coefficient (Wildman–Crippen LogP) is 5.49. The smallest absolute Gasteiger partial charge is 0.249 e. The van der Waals surface area contributed by atoms with Gasteiger partial charge in [-0.2, -0.15) is 0 Å². The third kappa shape index (κ3) is 3.04. The first-order valence-corrected chi connectivity index (χ1v) is 9.57. The van der Waals surface area contributed by atoms with E-state index in [9.17, 15) is 9.18 Å². The Bertz CT molecular complexity index is 1190. The van der Waals surface area contributed by atoms with Crippen LogP contribution in [0.3, 0.4) is 0 Å². The number of carbonyl (C=O) groups is 1. The molecule has 0 aliphatic carbocycles. The molecule has 4 aromatic rings. The van der Waals surface area contributed by atoms with Crippen molar-refractivity contribution in [3.63, 3.8) is 0 Å². The van der Waals surface area contributed by atoms with E-state index in [0.29, 0.717) is 16.1 Å². The van der Waals surface area contributed by atoms with Crippen molar-refractivity contribution in [2.45, 2.75) is 26.3 Å². The maximum absolute atomic E-state index is 14.5. The lowest BCUT2D eigenvalue weighted by Gasteiger charge is -2.11. The van der Waals surface area contributed by atoms with Crippen LogP contribution in [0.4, 0.5) is 4.39 Å². The van der Waals surface area contributed by atoms with Crippen LogP contribution in [0.2, 0.25) is 5.02 Å². The van der Waals surface area contributed by atoms with E-state index in [0.717, 1.165) is 40.2 Å². The number of nitrogens with zero attached hydrogens (tertiary/aromatic N) is 1. The molecule has 1 radical (unpaired) electrons. The molecule has 3 nitrogen and oxygen atoms in total. The molecule has 2 N–H and O–H groups in total. The van der Waals surface area contributed by atoms with Gasteiger partial charge in [0.15, 0.2) is 0 Å². The van der Waals surface area contributed by atoms with Crippen LogP contribution >= 0.6 is 11.6 Å². The predicted molar refractivity (Wildman–Crippen MR) is 111 cm³/mol. The Kier molecular flexibility index (Phi) is 4.82. The fourth-order valence-corrected chi connectivity index (χ4v) is 3.97. The molecule has 0 aliphatic rings. The molecule has 0 fully saturated rings. The van der Waals surface area contributed by atoms with Crippen LogP contribution in [0.15, 0.2) is 48.5 Å². The zero-order valence-electron chi connectivity index (χ0n) is 15.4. The van der Waals surface area contributed by atoms with Crippen LogP contribution in [0, 0.1) is 11.9 Å². The highest BCUT2D eigenvalue weighted by Gasteiger charge is 2.18. The monoisotopic (exact) mass is 393 g/mol. The van der Waals surface area contributed by atoms with Crippen LogP contribution in [-0.4, -0.2) is 10.5 Å². The van der Waals surface area contributed by atoms with Gasteiger partial charge < -0.3 is 10.3 Å². The first-order chi connectivity index (χ1) is 13.5. The first-order valence-electron chi connectivity index (χ1n) is 9.19. The van der Waals surface area contributed by atoms with E-state index in [1.165, 1.54) is 6.07 Å².